The van der Waals surface area contributed by atoms with Crippen molar-refractivity contribution in [1.82, 2.24) is 0 Å². The van der Waals surface area contributed by atoms with Gasteiger partial charge >= 0.3 is 0 Å². The van der Waals surface area contributed by atoms with Crippen LogP contribution in [-0.2, 0) is 20.4 Å². The number of benzene rings is 12. The molecule has 0 fully saturated rings. The van der Waals surface area contributed by atoms with E-state index in [0.29, 0.717) is 0 Å². The van der Waals surface area contributed by atoms with Gasteiger partial charge in [0.05, 0.1) is 0 Å². The Morgan fingerprint density at radius 2 is 0.0876 bits per heavy atom. The number of hydrogen-bond donors (Lipinski definition) is 0. The molecule has 0 aromatic heterocycles. The summed E-state index contributed by atoms with van der Waals surface area (Å²) in [4.78, 5) is 0. The first-order valence-electron chi connectivity index (χ1n) is 32.3. The Balaban J connectivity index is 0.000000224. The summed E-state index contributed by atoms with van der Waals surface area (Å²) in [6.07, 6.45) is 0. The SMILES string of the molecule is Fc1c(F)c(F)c([PH+](c2c(F)c(F)c(F)c(F)c2F)c2c(F)c(F)c(F)c(F)c2F)c(F)c1F.Fc1c(F)c(F)c([PH+](c2c(F)c(F)c(F)c(F)c2F)c2c(F)c(F)c(F)c(F)c2F)c(F)c1F.Fc1c(F)c(F)c([PH+](c2c(F)c(F)c(F)c(F)c2F)c2c(F)c(F)c(F)c(F)c2F)c(F)c1F.Fc1c(F)c(F)c([PH+](c2c(F)c(F)c(F)c(F)c2F)c2c(F)c(F)c(F)c(F)c2F)c(F)c1F.[Pd]. The van der Waals surface area contributed by atoms with Gasteiger partial charge < -0.3 is 0 Å². The summed E-state index contributed by atoms with van der Waals surface area (Å²) in [6, 6.07) is 0. The Morgan fingerprint density at radius 3 is 0.124 bits per heavy atom. The van der Waals surface area contributed by atoms with Gasteiger partial charge in [0.2, 0.25) is 349 Å². The number of rotatable bonds is 12. The van der Waals surface area contributed by atoms with Crippen molar-refractivity contribution in [3.05, 3.63) is 349 Å². The van der Waals surface area contributed by atoms with Gasteiger partial charge in [0.25, 0.3) is 0 Å². The molecule has 0 spiro atoms. The third-order valence-electron chi connectivity index (χ3n) is 17.5. The second kappa shape index (κ2) is 40.7. The molecule has 0 heterocycles. The van der Waals surface area contributed by atoms with Gasteiger partial charge in [0.15, 0.2) is 63.7 Å². The molecular weight excluding hydrogens is 2230 g/mol. The summed E-state index contributed by atoms with van der Waals surface area (Å²) in [5, 5.41) is -30.9. The van der Waals surface area contributed by atoms with Crippen LogP contribution in [0.3, 0.4) is 0 Å². The summed E-state index contributed by atoms with van der Waals surface area (Å²) in [5.41, 5.74) is 0. The predicted molar refractivity (Wildman–Crippen MR) is 344 cm³/mol. The number of halogens is 60. The van der Waals surface area contributed by atoms with Crippen LogP contribution >= 0.6 is 31.7 Å². The molecule has 0 amide bonds. The number of hydrogen-bond acceptors (Lipinski definition) is 0. The molecule has 0 radical (unpaired) electrons. The Hall–Kier alpha value is -11.2. The smallest absolute Gasteiger partial charge is 0.200 e. The first-order chi connectivity index (χ1) is 62.6. The van der Waals surface area contributed by atoms with E-state index in [4.69, 9.17) is 0 Å². The van der Waals surface area contributed by atoms with Crippen molar-refractivity contribution in [2.75, 3.05) is 0 Å². The molecule has 0 atom stereocenters. The van der Waals surface area contributed by atoms with E-state index in [0.717, 1.165) is 0 Å². The van der Waals surface area contributed by atoms with Crippen molar-refractivity contribution < 1.29 is 284 Å². The Morgan fingerprint density at radius 1 is 0.0584 bits per heavy atom. The van der Waals surface area contributed by atoms with Crippen LogP contribution in [0.5, 0.6) is 0 Å². The van der Waals surface area contributed by atoms with Gasteiger partial charge in [0, 0.05) is 20.4 Å². The second-order valence-electron chi connectivity index (χ2n) is 24.8. The summed E-state index contributed by atoms with van der Waals surface area (Å²) in [5.74, 6) is -179. The van der Waals surface area contributed by atoms with Crippen LogP contribution < -0.4 is 63.7 Å². The molecule has 0 aliphatic carbocycles. The van der Waals surface area contributed by atoms with Gasteiger partial charge in [-0.25, -0.2) is 158 Å². The molecule has 65 heteroatoms. The maximum absolute atomic E-state index is 14.4. The fraction of sp³-hybridized carbons (Fsp3) is 0. The van der Waals surface area contributed by atoms with Gasteiger partial charge in [-0.2, -0.15) is 105 Å². The van der Waals surface area contributed by atoms with E-state index in [1.54, 1.807) is 0 Å². The first-order valence-corrected chi connectivity index (χ1v) is 38.3. The zero-order valence-electron chi connectivity index (χ0n) is 61.0. The molecule has 0 nitrogen and oxygen atoms in total. The average Bonchev–Trinajstić information content (AvgIpc) is 0.739. The molecule has 0 aliphatic heterocycles. The molecule has 0 saturated carbocycles. The van der Waals surface area contributed by atoms with E-state index in [-0.39, 0.29) is 20.4 Å². The van der Waals surface area contributed by atoms with Gasteiger partial charge in [-0.3, -0.25) is 0 Å². The van der Waals surface area contributed by atoms with Crippen molar-refractivity contribution in [2.45, 2.75) is 0 Å². The van der Waals surface area contributed by atoms with Crippen molar-refractivity contribution in [3.8, 4) is 0 Å². The zero-order valence-corrected chi connectivity index (χ0v) is 66.5. The first kappa shape index (κ1) is 111. The van der Waals surface area contributed by atoms with Crippen molar-refractivity contribution in [1.29, 1.82) is 0 Å². The van der Waals surface area contributed by atoms with Crippen LogP contribution in [0.2, 0.25) is 0 Å². The Bertz CT molecular complexity index is 5300. The largest absolute Gasteiger partial charge is 0.207 e. The van der Waals surface area contributed by atoms with Crippen molar-refractivity contribution >= 4 is 95.3 Å². The van der Waals surface area contributed by atoms with E-state index in [2.05, 4.69) is 0 Å². The molecule has 738 valence electrons. The molecule has 12 aromatic carbocycles. The molecule has 12 rings (SSSR count). The van der Waals surface area contributed by atoms with Crippen LogP contribution in [0.4, 0.5) is 263 Å². The fourth-order valence-electron chi connectivity index (χ4n) is 11.4. The van der Waals surface area contributed by atoms with Crippen LogP contribution in [0, 0.1) is 349 Å². The normalized spacial score (nSPS) is 11.6. The third-order valence-corrected chi connectivity index (χ3v) is 28.8. The molecule has 0 N–H and O–H groups in total. The van der Waals surface area contributed by atoms with Crippen LogP contribution in [0.25, 0.3) is 0 Å². The van der Waals surface area contributed by atoms with Gasteiger partial charge in [-0.1, -0.05) is 0 Å². The topological polar surface area (TPSA) is 0 Å². The minimum absolute atomic E-state index is 0. The molecular formula is C72H4F60P4Pd+4. The van der Waals surface area contributed by atoms with E-state index < -0.39 is 444 Å². The van der Waals surface area contributed by atoms with Crippen molar-refractivity contribution in [2.24, 2.45) is 0 Å². The van der Waals surface area contributed by atoms with E-state index in [1.807, 2.05) is 0 Å². The van der Waals surface area contributed by atoms with Crippen molar-refractivity contribution in [3.63, 3.8) is 0 Å². The van der Waals surface area contributed by atoms with E-state index in [1.165, 1.54) is 0 Å². The zero-order chi connectivity index (χ0) is 104. The minimum Gasteiger partial charge on any atom is -0.200 e. The summed E-state index contributed by atoms with van der Waals surface area (Å²) >= 11 is 0. The predicted octanol–water partition coefficient (Wildman–Crippen LogP) is 21.1. The van der Waals surface area contributed by atoms with Gasteiger partial charge in [0.1, 0.15) is 31.7 Å². The molecule has 0 bridgehead atoms. The summed E-state index contributed by atoms with van der Waals surface area (Å²) < 4.78 is 835. The molecule has 0 unspecified atom stereocenters. The summed E-state index contributed by atoms with van der Waals surface area (Å²) in [7, 11) is -21.7. The molecule has 137 heavy (non-hydrogen) atoms. The molecule has 0 aliphatic rings. The Labute approximate surface area is 726 Å². The van der Waals surface area contributed by atoms with Gasteiger partial charge in [-0.15, -0.1) is 0 Å². The maximum atomic E-state index is 14.4. The summed E-state index contributed by atoms with van der Waals surface area (Å²) in [6.45, 7) is 0. The third kappa shape index (κ3) is 17.8. The molecule has 12 aromatic rings. The monoisotopic (exact) mass is 2240 g/mol. The quantitative estimate of drug-likeness (QED) is 0.0376. The van der Waals surface area contributed by atoms with Crippen LogP contribution in [0.1, 0.15) is 0 Å². The van der Waals surface area contributed by atoms with E-state index >= 15 is 0 Å². The van der Waals surface area contributed by atoms with Crippen LogP contribution in [0.15, 0.2) is 0 Å². The maximum Gasteiger partial charge on any atom is 0.207 e. The fourth-order valence-corrected chi connectivity index (χ4v) is 22.3. The Kier molecular flexibility index (Phi) is 33.0. The molecule has 0 saturated heterocycles. The van der Waals surface area contributed by atoms with Gasteiger partial charge in [-0.05, 0) is 0 Å². The minimum atomic E-state index is -5.43. The standard InChI is InChI=1S/4C18F15P.Pd/c4*19-1-4(22)10(28)16(11(29)5(1)23)34(17-12(30)6(24)2(20)7(25)13(17)31)18-14(32)8(26)3(21)9(27)15(18)33;/p+4. The average molecular weight is 2240 g/mol. The second-order valence-corrected chi connectivity index (χ2v) is 33.8. The van der Waals surface area contributed by atoms with Crippen LogP contribution in [-0.4, -0.2) is 0 Å². The van der Waals surface area contributed by atoms with E-state index in [9.17, 15) is 263 Å².